The van der Waals surface area contributed by atoms with Crippen LogP contribution in [0.2, 0.25) is 0 Å². The second-order valence-electron chi connectivity index (χ2n) is 6.67. The first-order valence-electron chi connectivity index (χ1n) is 9.61. The third-order valence-electron chi connectivity index (χ3n) is 4.67. The topological polar surface area (TPSA) is 85.2 Å². The zero-order valence-corrected chi connectivity index (χ0v) is 17.0. The number of ether oxygens (including phenoxy) is 3. The third kappa shape index (κ3) is 5.58. The van der Waals surface area contributed by atoms with E-state index in [0.717, 1.165) is 5.56 Å². The van der Waals surface area contributed by atoms with Gasteiger partial charge >= 0.3 is 5.97 Å². The van der Waals surface area contributed by atoms with Crippen LogP contribution in [0.1, 0.15) is 22.8 Å². The highest BCUT2D eigenvalue weighted by atomic mass is 32.2. The van der Waals surface area contributed by atoms with Gasteiger partial charge in [0.05, 0.1) is 18.8 Å². The third-order valence-corrected chi connectivity index (χ3v) is 5.71. The van der Waals surface area contributed by atoms with Crippen molar-refractivity contribution in [3.63, 3.8) is 0 Å². The van der Waals surface area contributed by atoms with Gasteiger partial charge in [-0.25, -0.2) is 4.79 Å². The van der Waals surface area contributed by atoms with Crippen molar-refractivity contribution in [2.24, 2.45) is 0 Å². The van der Waals surface area contributed by atoms with Crippen LogP contribution in [0.25, 0.3) is 0 Å². The smallest absolute Gasteiger partial charge is 0.338 e. The molecular weight excluding hydrogens is 392 g/mol. The molecule has 1 aliphatic heterocycles. The van der Waals surface area contributed by atoms with Gasteiger partial charge in [-0.05, 0) is 23.4 Å². The molecular formula is C22H26O6S. The Morgan fingerprint density at radius 3 is 2.34 bits per heavy atom. The Balaban J connectivity index is 1.81. The summed E-state index contributed by atoms with van der Waals surface area (Å²) in [6.07, 6.45) is -3.61. The summed E-state index contributed by atoms with van der Waals surface area (Å²) in [6.45, 7) is 1.85. The van der Waals surface area contributed by atoms with Crippen LogP contribution in [0.4, 0.5) is 0 Å². The Labute approximate surface area is 174 Å². The predicted molar refractivity (Wildman–Crippen MR) is 111 cm³/mol. The first-order chi connectivity index (χ1) is 14.1. The molecule has 29 heavy (non-hydrogen) atoms. The SMILES string of the molecule is CCS[C@@H]1O[C@H](CO)[C@@H](O)[C@H](OCc2ccccc2)[C@H]1OC(=O)c1ccccc1. The molecule has 7 heteroatoms. The summed E-state index contributed by atoms with van der Waals surface area (Å²) in [5.74, 6) is 0.202. The largest absolute Gasteiger partial charge is 0.452 e. The zero-order chi connectivity index (χ0) is 20.6. The summed E-state index contributed by atoms with van der Waals surface area (Å²) in [6, 6.07) is 18.2. The Morgan fingerprint density at radius 2 is 1.72 bits per heavy atom. The Morgan fingerprint density at radius 1 is 1.07 bits per heavy atom. The van der Waals surface area contributed by atoms with E-state index in [1.54, 1.807) is 24.3 Å². The molecule has 3 rings (SSSR count). The minimum atomic E-state index is -1.13. The van der Waals surface area contributed by atoms with Crippen LogP contribution in [0.5, 0.6) is 0 Å². The fraction of sp³-hybridized carbons (Fsp3) is 0.409. The van der Waals surface area contributed by atoms with Crippen molar-refractivity contribution in [3.8, 4) is 0 Å². The molecule has 0 unspecified atom stereocenters. The molecule has 2 N–H and O–H groups in total. The molecule has 0 aromatic heterocycles. The number of carbonyl (C=O) groups excluding carboxylic acids is 1. The lowest BCUT2D eigenvalue weighted by Gasteiger charge is -2.43. The summed E-state index contributed by atoms with van der Waals surface area (Å²) >= 11 is 1.44. The molecule has 1 heterocycles. The van der Waals surface area contributed by atoms with Crippen molar-refractivity contribution >= 4 is 17.7 Å². The number of hydrogen-bond donors (Lipinski definition) is 2. The molecule has 0 aliphatic carbocycles. The van der Waals surface area contributed by atoms with Gasteiger partial charge in [0.1, 0.15) is 23.7 Å². The molecule has 0 amide bonds. The van der Waals surface area contributed by atoms with E-state index < -0.39 is 35.8 Å². The van der Waals surface area contributed by atoms with Gasteiger partial charge in [0.15, 0.2) is 6.10 Å². The maximum Gasteiger partial charge on any atom is 0.338 e. The Hall–Kier alpha value is -1.90. The van der Waals surface area contributed by atoms with E-state index in [9.17, 15) is 15.0 Å². The molecule has 0 saturated carbocycles. The van der Waals surface area contributed by atoms with E-state index in [2.05, 4.69) is 0 Å². The highest BCUT2D eigenvalue weighted by molar-refractivity contribution is 7.99. The summed E-state index contributed by atoms with van der Waals surface area (Å²) in [5.41, 5.74) is 0.780. The summed E-state index contributed by atoms with van der Waals surface area (Å²) < 4.78 is 17.6. The highest BCUT2D eigenvalue weighted by Gasteiger charge is 2.48. The van der Waals surface area contributed by atoms with Crippen molar-refractivity contribution in [1.82, 2.24) is 0 Å². The molecule has 2 aromatic carbocycles. The summed E-state index contributed by atoms with van der Waals surface area (Å²) in [7, 11) is 0. The number of carbonyl (C=O) groups is 1. The molecule has 5 atom stereocenters. The van der Waals surface area contributed by atoms with Gasteiger partial charge in [0.25, 0.3) is 0 Å². The average molecular weight is 419 g/mol. The molecule has 6 nitrogen and oxygen atoms in total. The van der Waals surface area contributed by atoms with E-state index in [4.69, 9.17) is 14.2 Å². The van der Waals surface area contributed by atoms with E-state index in [1.165, 1.54) is 11.8 Å². The molecule has 0 spiro atoms. The van der Waals surface area contributed by atoms with E-state index in [-0.39, 0.29) is 13.2 Å². The molecule has 156 valence electrons. The second-order valence-corrected chi connectivity index (χ2v) is 8.04. The van der Waals surface area contributed by atoms with Gasteiger partial charge in [0, 0.05) is 0 Å². The normalized spacial score (nSPS) is 26.8. The Bertz CT molecular complexity index is 756. The number of esters is 1. The van der Waals surface area contributed by atoms with E-state index >= 15 is 0 Å². The van der Waals surface area contributed by atoms with Crippen molar-refractivity contribution in [2.75, 3.05) is 12.4 Å². The van der Waals surface area contributed by atoms with Gasteiger partial charge in [-0.15, -0.1) is 11.8 Å². The molecule has 1 aliphatic rings. The molecule has 2 aromatic rings. The summed E-state index contributed by atoms with van der Waals surface area (Å²) in [4.78, 5) is 12.7. The number of benzene rings is 2. The molecule has 1 fully saturated rings. The fourth-order valence-corrected chi connectivity index (χ4v) is 4.14. The van der Waals surface area contributed by atoms with Crippen LogP contribution in [-0.4, -0.2) is 58.4 Å². The minimum absolute atomic E-state index is 0.240. The van der Waals surface area contributed by atoms with Gasteiger partial charge < -0.3 is 24.4 Å². The predicted octanol–water partition coefficient (Wildman–Crippen LogP) is 2.63. The van der Waals surface area contributed by atoms with Crippen molar-refractivity contribution in [1.29, 1.82) is 0 Å². The lowest BCUT2D eigenvalue weighted by molar-refractivity contribution is -0.223. The number of rotatable bonds is 8. The average Bonchev–Trinajstić information content (AvgIpc) is 2.76. The zero-order valence-electron chi connectivity index (χ0n) is 16.2. The first-order valence-corrected chi connectivity index (χ1v) is 10.7. The van der Waals surface area contributed by atoms with Crippen molar-refractivity contribution in [3.05, 3.63) is 71.8 Å². The fourth-order valence-electron chi connectivity index (χ4n) is 3.19. The second kappa shape index (κ2) is 10.8. The molecule has 0 radical (unpaired) electrons. The van der Waals surface area contributed by atoms with Crippen molar-refractivity contribution < 1.29 is 29.2 Å². The van der Waals surface area contributed by atoms with E-state index in [0.29, 0.717) is 11.3 Å². The van der Waals surface area contributed by atoms with Gasteiger partial charge in [0.2, 0.25) is 0 Å². The number of aliphatic hydroxyl groups excluding tert-OH is 2. The van der Waals surface area contributed by atoms with E-state index in [1.807, 2.05) is 43.3 Å². The lowest BCUT2D eigenvalue weighted by Crippen LogP contribution is -2.59. The van der Waals surface area contributed by atoms with Crippen molar-refractivity contribution in [2.45, 2.75) is 43.4 Å². The molecule has 0 bridgehead atoms. The maximum atomic E-state index is 12.7. The van der Waals surface area contributed by atoms with Gasteiger partial charge in [-0.2, -0.15) is 0 Å². The Kier molecular flexibility index (Phi) is 8.09. The van der Waals surface area contributed by atoms with Gasteiger partial charge in [-0.3, -0.25) is 0 Å². The standard InChI is InChI=1S/C22H26O6S/c1-2-29-22-20(28-21(25)16-11-7-4-8-12-16)19(18(24)17(13-23)27-22)26-14-15-9-5-3-6-10-15/h3-12,17-20,22-24H,2,13-14H2,1H3/t17-,18-,19+,20-,22+/m1/s1. The first kappa shape index (κ1) is 21.8. The summed E-state index contributed by atoms with van der Waals surface area (Å²) in [5, 5.41) is 20.4. The quantitative estimate of drug-likeness (QED) is 0.638. The van der Waals surface area contributed by atoms with Crippen LogP contribution in [0.15, 0.2) is 60.7 Å². The number of thioether (sulfide) groups is 1. The highest BCUT2D eigenvalue weighted by Crippen LogP contribution is 2.33. The number of hydrogen-bond acceptors (Lipinski definition) is 7. The molecule has 1 saturated heterocycles. The van der Waals surface area contributed by atoms with Crippen LogP contribution >= 0.6 is 11.8 Å². The monoisotopic (exact) mass is 418 g/mol. The van der Waals surface area contributed by atoms with Crippen LogP contribution in [0.3, 0.4) is 0 Å². The minimum Gasteiger partial charge on any atom is -0.452 e. The maximum absolute atomic E-state index is 12.7. The number of aliphatic hydroxyl groups is 2. The van der Waals surface area contributed by atoms with Gasteiger partial charge in [-0.1, -0.05) is 55.5 Å². The van der Waals surface area contributed by atoms with Crippen LogP contribution < -0.4 is 0 Å². The van der Waals surface area contributed by atoms with Crippen LogP contribution in [0, 0.1) is 0 Å². The lowest BCUT2D eigenvalue weighted by atomic mass is 9.99. The van der Waals surface area contributed by atoms with Crippen LogP contribution in [-0.2, 0) is 20.8 Å².